The smallest absolute Gasteiger partial charge is 0.416 e. The molecule has 3 nitrogen and oxygen atoms in total. The van der Waals surface area contributed by atoms with Crippen molar-refractivity contribution >= 4 is 11.7 Å². The highest BCUT2D eigenvalue weighted by molar-refractivity contribution is 5.89. The Morgan fingerprint density at radius 1 is 1.41 bits per heavy atom. The largest absolute Gasteiger partial charge is 0.459 e. The van der Waals surface area contributed by atoms with Crippen LogP contribution in [0.25, 0.3) is 0 Å². The molecule has 0 amide bonds. The average Bonchev–Trinajstić information content (AvgIpc) is 2.25. The second-order valence-electron chi connectivity index (χ2n) is 3.04. The first kappa shape index (κ1) is 12.9. The van der Waals surface area contributed by atoms with Gasteiger partial charge in [-0.3, -0.25) is 0 Å². The van der Waals surface area contributed by atoms with Crippen LogP contribution < -0.4 is 5.73 Å². The van der Waals surface area contributed by atoms with E-state index in [1.54, 1.807) is 0 Å². The van der Waals surface area contributed by atoms with Crippen LogP contribution in [0.1, 0.15) is 11.1 Å². The van der Waals surface area contributed by atoms with Crippen LogP contribution in [0.4, 0.5) is 18.9 Å². The van der Waals surface area contributed by atoms with Gasteiger partial charge in [0.05, 0.1) is 12.7 Å². The third kappa shape index (κ3) is 3.41. The summed E-state index contributed by atoms with van der Waals surface area (Å²) in [4.78, 5) is 10.7. The Morgan fingerprint density at radius 3 is 2.53 bits per heavy atom. The summed E-state index contributed by atoms with van der Waals surface area (Å²) < 4.78 is 41.2. The lowest BCUT2D eigenvalue weighted by atomic mass is 10.1. The third-order valence-corrected chi connectivity index (χ3v) is 1.86. The minimum absolute atomic E-state index is 0.142. The average molecular weight is 243 g/mol. The SMILES string of the molecule is COC(=O)C#Cc1ccc(C(F)(F)F)cc1N. The van der Waals surface area contributed by atoms with E-state index >= 15 is 0 Å². The summed E-state index contributed by atoms with van der Waals surface area (Å²) in [6.07, 6.45) is -4.46. The van der Waals surface area contributed by atoms with Gasteiger partial charge in [0.15, 0.2) is 0 Å². The predicted octanol–water partition coefficient (Wildman–Crippen LogP) is 1.81. The molecule has 2 N–H and O–H groups in total. The maximum atomic E-state index is 12.3. The van der Waals surface area contributed by atoms with E-state index in [9.17, 15) is 18.0 Å². The summed E-state index contributed by atoms with van der Waals surface area (Å²) >= 11 is 0. The lowest BCUT2D eigenvalue weighted by Gasteiger charge is -2.07. The molecule has 1 aromatic rings. The Balaban J connectivity index is 3.05. The van der Waals surface area contributed by atoms with Gasteiger partial charge in [0.1, 0.15) is 0 Å². The summed E-state index contributed by atoms with van der Waals surface area (Å²) in [6, 6.07) is 2.72. The molecule has 0 spiro atoms. The van der Waals surface area contributed by atoms with Crippen molar-refractivity contribution in [1.29, 1.82) is 0 Å². The fourth-order valence-electron chi connectivity index (χ4n) is 1.02. The molecule has 0 fully saturated rings. The number of rotatable bonds is 0. The van der Waals surface area contributed by atoms with Crippen molar-refractivity contribution in [2.24, 2.45) is 0 Å². The maximum absolute atomic E-state index is 12.3. The zero-order chi connectivity index (χ0) is 13.1. The highest BCUT2D eigenvalue weighted by atomic mass is 19.4. The van der Waals surface area contributed by atoms with Crippen LogP contribution in [-0.4, -0.2) is 13.1 Å². The number of carbonyl (C=O) groups excluding carboxylic acids is 1. The van der Waals surface area contributed by atoms with E-state index in [0.29, 0.717) is 0 Å². The number of nitrogens with two attached hydrogens (primary N) is 1. The molecule has 0 heterocycles. The first-order chi connectivity index (χ1) is 7.84. The number of alkyl halides is 3. The van der Waals surface area contributed by atoms with Crippen LogP contribution in [0.5, 0.6) is 0 Å². The second-order valence-corrected chi connectivity index (χ2v) is 3.04. The molecule has 0 bridgehead atoms. The lowest BCUT2D eigenvalue weighted by Crippen LogP contribution is -2.06. The summed E-state index contributed by atoms with van der Waals surface area (Å²) in [6.45, 7) is 0. The van der Waals surface area contributed by atoms with Crippen molar-refractivity contribution in [1.82, 2.24) is 0 Å². The Morgan fingerprint density at radius 2 is 2.06 bits per heavy atom. The molecule has 0 saturated heterocycles. The van der Waals surface area contributed by atoms with Gasteiger partial charge in [-0.25, -0.2) is 4.79 Å². The molecule has 0 saturated carbocycles. The molecular weight excluding hydrogens is 235 g/mol. The van der Waals surface area contributed by atoms with Crippen LogP contribution in [0, 0.1) is 11.8 Å². The van der Waals surface area contributed by atoms with Crippen molar-refractivity contribution in [3.63, 3.8) is 0 Å². The Kier molecular flexibility index (Phi) is 3.63. The van der Waals surface area contributed by atoms with E-state index in [-0.39, 0.29) is 11.3 Å². The molecule has 0 aromatic heterocycles. The molecular formula is C11H8F3NO2. The Bertz CT molecular complexity index is 498. The van der Waals surface area contributed by atoms with Gasteiger partial charge < -0.3 is 10.5 Å². The number of halogens is 3. The van der Waals surface area contributed by atoms with Gasteiger partial charge in [0.25, 0.3) is 0 Å². The number of anilines is 1. The normalized spacial score (nSPS) is 10.4. The van der Waals surface area contributed by atoms with Crippen molar-refractivity contribution < 1.29 is 22.7 Å². The number of benzene rings is 1. The van der Waals surface area contributed by atoms with E-state index in [0.717, 1.165) is 25.3 Å². The lowest BCUT2D eigenvalue weighted by molar-refractivity contribution is -0.137. The topological polar surface area (TPSA) is 52.3 Å². The standard InChI is InChI=1S/C11H8F3NO2/c1-17-10(16)5-3-7-2-4-8(6-9(7)15)11(12,13)14/h2,4,6H,15H2,1H3. The molecule has 1 aromatic carbocycles. The number of carbonyl (C=O) groups is 1. The summed E-state index contributed by atoms with van der Waals surface area (Å²) in [5, 5.41) is 0. The van der Waals surface area contributed by atoms with Crippen molar-refractivity contribution in [2.45, 2.75) is 6.18 Å². The number of hydrogen-bond acceptors (Lipinski definition) is 3. The minimum Gasteiger partial charge on any atom is -0.459 e. The zero-order valence-electron chi connectivity index (χ0n) is 8.76. The summed E-state index contributed by atoms with van der Waals surface area (Å²) in [5.41, 5.74) is 4.53. The first-order valence-corrected chi connectivity index (χ1v) is 4.41. The number of methoxy groups -OCH3 is 1. The molecule has 90 valence electrons. The fourth-order valence-corrected chi connectivity index (χ4v) is 1.02. The Hall–Kier alpha value is -2.16. The van der Waals surface area contributed by atoms with Crippen LogP contribution in [0.3, 0.4) is 0 Å². The third-order valence-electron chi connectivity index (χ3n) is 1.86. The summed E-state index contributed by atoms with van der Waals surface area (Å²) in [5.74, 6) is 3.61. The van der Waals surface area contributed by atoms with Gasteiger partial charge in [0, 0.05) is 17.2 Å². The number of esters is 1. The molecule has 0 aliphatic heterocycles. The van der Waals surface area contributed by atoms with E-state index in [1.165, 1.54) is 0 Å². The first-order valence-electron chi connectivity index (χ1n) is 4.41. The summed E-state index contributed by atoms with van der Waals surface area (Å²) in [7, 11) is 1.15. The van der Waals surface area contributed by atoms with E-state index < -0.39 is 17.7 Å². The van der Waals surface area contributed by atoms with Crippen LogP contribution in [0.2, 0.25) is 0 Å². The molecule has 0 aliphatic rings. The molecule has 1 rings (SSSR count). The van der Waals surface area contributed by atoms with E-state index in [1.807, 2.05) is 0 Å². The van der Waals surface area contributed by atoms with Gasteiger partial charge in [-0.1, -0.05) is 5.92 Å². The van der Waals surface area contributed by atoms with Crippen molar-refractivity contribution in [3.8, 4) is 11.8 Å². The van der Waals surface area contributed by atoms with Gasteiger partial charge in [-0.15, -0.1) is 0 Å². The molecule has 0 unspecified atom stereocenters. The van der Waals surface area contributed by atoms with Crippen molar-refractivity contribution in [2.75, 3.05) is 12.8 Å². The molecule has 6 heteroatoms. The second kappa shape index (κ2) is 4.78. The Labute approximate surface area is 95.4 Å². The van der Waals surface area contributed by atoms with Gasteiger partial charge in [0.2, 0.25) is 0 Å². The molecule has 17 heavy (non-hydrogen) atoms. The van der Waals surface area contributed by atoms with Crippen LogP contribution in [0.15, 0.2) is 18.2 Å². The van der Waals surface area contributed by atoms with Crippen LogP contribution >= 0.6 is 0 Å². The van der Waals surface area contributed by atoms with Crippen LogP contribution in [-0.2, 0) is 15.7 Å². The molecule has 0 radical (unpaired) electrons. The fraction of sp³-hybridized carbons (Fsp3) is 0.182. The monoisotopic (exact) mass is 243 g/mol. The predicted molar refractivity (Wildman–Crippen MR) is 54.8 cm³/mol. The molecule has 0 aliphatic carbocycles. The number of hydrogen-bond donors (Lipinski definition) is 1. The number of nitrogen functional groups attached to an aromatic ring is 1. The highest BCUT2D eigenvalue weighted by Crippen LogP contribution is 2.31. The van der Waals surface area contributed by atoms with Gasteiger partial charge >= 0.3 is 12.1 Å². The minimum atomic E-state index is -4.46. The van der Waals surface area contributed by atoms with Gasteiger partial charge in [-0.2, -0.15) is 13.2 Å². The molecule has 0 atom stereocenters. The van der Waals surface area contributed by atoms with Crippen molar-refractivity contribution in [3.05, 3.63) is 29.3 Å². The van der Waals surface area contributed by atoms with E-state index in [2.05, 4.69) is 16.6 Å². The quantitative estimate of drug-likeness (QED) is 0.429. The van der Waals surface area contributed by atoms with Gasteiger partial charge in [-0.05, 0) is 18.2 Å². The highest BCUT2D eigenvalue weighted by Gasteiger charge is 2.30. The zero-order valence-corrected chi connectivity index (χ0v) is 8.76. The van der Waals surface area contributed by atoms with E-state index in [4.69, 9.17) is 5.73 Å². The maximum Gasteiger partial charge on any atom is 0.416 e. The number of ether oxygens (including phenoxy) is 1.